The van der Waals surface area contributed by atoms with Crippen molar-refractivity contribution in [2.24, 2.45) is 0 Å². The minimum absolute atomic E-state index is 0.232. The number of hydrogen-bond acceptors (Lipinski definition) is 4. The highest BCUT2D eigenvalue weighted by Crippen LogP contribution is 2.23. The number of aryl methyl sites for hydroxylation is 1. The Morgan fingerprint density at radius 3 is 2.36 bits per heavy atom. The van der Waals surface area contributed by atoms with Gasteiger partial charge in [0.25, 0.3) is 0 Å². The number of benzene rings is 2. The van der Waals surface area contributed by atoms with Gasteiger partial charge >= 0.3 is 6.36 Å². The van der Waals surface area contributed by atoms with E-state index in [2.05, 4.69) is 14.8 Å². The van der Waals surface area contributed by atoms with E-state index in [0.717, 1.165) is 30.3 Å². The van der Waals surface area contributed by atoms with Crippen molar-refractivity contribution in [1.29, 1.82) is 0 Å². The largest absolute Gasteiger partial charge is 0.573 e. The van der Waals surface area contributed by atoms with Crippen LogP contribution in [0.3, 0.4) is 0 Å². The van der Waals surface area contributed by atoms with Crippen molar-refractivity contribution >= 4 is 21.6 Å². The molecule has 0 spiro atoms. The summed E-state index contributed by atoms with van der Waals surface area (Å²) < 4.78 is 79.6. The van der Waals surface area contributed by atoms with Crippen LogP contribution in [-0.4, -0.2) is 27.2 Å². The van der Waals surface area contributed by atoms with Crippen LogP contribution in [0.15, 0.2) is 47.4 Å². The molecule has 0 bridgehead atoms. The van der Waals surface area contributed by atoms with Crippen LogP contribution >= 0.6 is 0 Å². The number of amides is 1. The fourth-order valence-electron chi connectivity index (χ4n) is 2.14. The number of carbonyl (C=O) groups excluding carboxylic acids is 1. The van der Waals surface area contributed by atoms with Gasteiger partial charge in [0.1, 0.15) is 11.6 Å². The molecule has 0 saturated heterocycles. The van der Waals surface area contributed by atoms with Crippen molar-refractivity contribution in [2.75, 3.05) is 11.9 Å². The van der Waals surface area contributed by atoms with Crippen LogP contribution in [0.5, 0.6) is 5.75 Å². The molecule has 0 radical (unpaired) electrons. The zero-order valence-corrected chi connectivity index (χ0v) is 15.3. The van der Waals surface area contributed by atoms with Crippen LogP contribution in [0, 0.1) is 12.7 Å². The summed E-state index contributed by atoms with van der Waals surface area (Å²) in [5.41, 5.74) is 0.907. The maximum Gasteiger partial charge on any atom is 0.573 e. The van der Waals surface area contributed by atoms with Crippen LogP contribution in [0.1, 0.15) is 12.0 Å². The highest BCUT2D eigenvalue weighted by Gasteiger charge is 2.31. The molecular weight excluding hydrogens is 404 g/mol. The number of anilines is 1. The van der Waals surface area contributed by atoms with E-state index in [4.69, 9.17) is 0 Å². The maximum atomic E-state index is 13.2. The zero-order chi connectivity index (χ0) is 20.9. The van der Waals surface area contributed by atoms with E-state index in [1.165, 1.54) is 12.1 Å². The first-order valence-corrected chi connectivity index (χ1v) is 9.36. The van der Waals surface area contributed by atoms with E-state index in [-0.39, 0.29) is 23.5 Å². The molecule has 0 aliphatic heterocycles. The molecule has 11 heteroatoms. The predicted molar refractivity (Wildman–Crippen MR) is 92.7 cm³/mol. The van der Waals surface area contributed by atoms with Gasteiger partial charge in [-0.1, -0.05) is 6.07 Å². The van der Waals surface area contributed by atoms with Gasteiger partial charge in [0.2, 0.25) is 15.9 Å². The Morgan fingerprint density at radius 1 is 1.11 bits per heavy atom. The molecule has 0 aliphatic rings. The van der Waals surface area contributed by atoms with Gasteiger partial charge in [0.15, 0.2) is 0 Å². The molecule has 6 nitrogen and oxygen atoms in total. The summed E-state index contributed by atoms with van der Waals surface area (Å²) >= 11 is 0. The number of carbonyl (C=O) groups is 1. The molecule has 0 aliphatic carbocycles. The molecule has 2 N–H and O–H groups in total. The van der Waals surface area contributed by atoms with E-state index in [1.54, 1.807) is 6.92 Å². The first-order valence-electron chi connectivity index (χ1n) is 7.88. The molecule has 0 saturated carbocycles. The summed E-state index contributed by atoms with van der Waals surface area (Å²) in [6.07, 6.45) is -5.11. The smallest absolute Gasteiger partial charge is 0.406 e. The minimum Gasteiger partial charge on any atom is -0.406 e. The molecule has 0 atom stereocenters. The van der Waals surface area contributed by atoms with Crippen molar-refractivity contribution in [3.05, 3.63) is 53.8 Å². The van der Waals surface area contributed by atoms with Gasteiger partial charge in [-0.2, -0.15) is 0 Å². The monoisotopic (exact) mass is 420 g/mol. The summed E-state index contributed by atoms with van der Waals surface area (Å²) in [6.45, 7) is 1.41. The lowest BCUT2D eigenvalue weighted by atomic mass is 10.2. The molecule has 0 fully saturated rings. The van der Waals surface area contributed by atoms with Gasteiger partial charge in [-0.05, 0) is 48.9 Å². The third-order valence-electron chi connectivity index (χ3n) is 3.49. The lowest BCUT2D eigenvalue weighted by molar-refractivity contribution is -0.274. The summed E-state index contributed by atoms with van der Waals surface area (Å²) in [6, 6.07) is 7.48. The van der Waals surface area contributed by atoms with E-state index in [1.807, 2.05) is 0 Å². The topological polar surface area (TPSA) is 84.5 Å². The highest BCUT2D eigenvalue weighted by atomic mass is 32.2. The normalized spacial score (nSPS) is 11.9. The molecule has 0 unspecified atom stereocenters. The highest BCUT2D eigenvalue weighted by molar-refractivity contribution is 7.89. The van der Waals surface area contributed by atoms with Crippen LogP contribution in [-0.2, 0) is 14.8 Å². The van der Waals surface area contributed by atoms with Crippen molar-refractivity contribution < 1.29 is 35.5 Å². The second kappa shape index (κ2) is 8.57. The average molecular weight is 420 g/mol. The Bertz CT molecular complexity index is 945. The van der Waals surface area contributed by atoms with E-state index in [0.29, 0.717) is 5.56 Å². The number of ether oxygens (including phenoxy) is 1. The SMILES string of the molecule is Cc1ccc(F)cc1NC(=O)CCNS(=O)(=O)c1ccc(OC(F)(F)F)cc1. The second-order valence-electron chi connectivity index (χ2n) is 5.67. The second-order valence-corrected chi connectivity index (χ2v) is 7.44. The van der Waals surface area contributed by atoms with Gasteiger partial charge in [-0.3, -0.25) is 4.79 Å². The van der Waals surface area contributed by atoms with Crippen LogP contribution in [0.2, 0.25) is 0 Å². The molecule has 1 amide bonds. The van der Waals surface area contributed by atoms with Gasteiger partial charge in [0, 0.05) is 18.7 Å². The van der Waals surface area contributed by atoms with Crippen LogP contribution in [0.4, 0.5) is 23.2 Å². The summed E-state index contributed by atoms with van der Waals surface area (Å²) in [5.74, 6) is -1.62. The first-order chi connectivity index (χ1) is 13.0. The molecule has 2 aromatic carbocycles. The third-order valence-corrected chi connectivity index (χ3v) is 4.96. The minimum atomic E-state index is -4.88. The Balaban J connectivity index is 1.90. The number of nitrogens with one attached hydrogen (secondary N) is 2. The number of hydrogen-bond donors (Lipinski definition) is 2. The number of sulfonamides is 1. The standard InChI is InChI=1S/C17H16F4N2O4S/c1-11-2-3-12(18)10-15(11)23-16(24)8-9-22-28(25,26)14-6-4-13(5-7-14)27-17(19,20)21/h2-7,10,22H,8-9H2,1H3,(H,23,24). The van der Waals surface area contributed by atoms with Crippen LogP contribution < -0.4 is 14.8 Å². The number of alkyl halides is 3. The molecule has 0 aromatic heterocycles. The third kappa shape index (κ3) is 6.50. The van der Waals surface area contributed by atoms with Crippen molar-refractivity contribution in [3.8, 4) is 5.75 Å². The van der Waals surface area contributed by atoms with Crippen molar-refractivity contribution in [2.45, 2.75) is 24.6 Å². The summed E-state index contributed by atoms with van der Waals surface area (Å²) in [7, 11) is -4.03. The van der Waals surface area contributed by atoms with Gasteiger partial charge in [-0.15, -0.1) is 13.2 Å². The Morgan fingerprint density at radius 2 is 1.75 bits per heavy atom. The molecule has 2 rings (SSSR count). The Kier molecular flexibility index (Phi) is 6.62. The number of rotatable bonds is 7. The molecule has 28 heavy (non-hydrogen) atoms. The molecule has 152 valence electrons. The fourth-order valence-corrected chi connectivity index (χ4v) is 3.18. The van der Waals surface area contributed by atoms with E-state index < -0.39 is 33.9 Å². The van der Waals surface area contributed by atoms with Gasteiger partial charge in [0.05, 0.1) is 4.90 Å². The Hall–Kier alpha value is -2.66. The summed E-state index contributed by atoms with van der Waals surface area (Å²) in [5, 5.41) is 2.47. The molecule has 2 aromatic rings. The Labute approximate surface area is 158 Å². The lowest BCUT2D eigenvalue weighted by Crippen LogP contribution is -2.28. The first kappa shape index (κ1) is 21.6. The van der Waals surface area contributed by atoms with Crippen molar-refractivity contribution in [3.63, 3.8) is 0 Å². The zero-order valence-electron chi connectivity index (χ0n) is 14.5. The average Bonchev–Trinajstić information content (AvgIpc) is 2.57. The van der Waals surface area contributed by atoms with Gasteiger partial charge < -0.3 is 10.1 Å². The molecule has 0 heterocycles. The van der Waals surface area contributed by atoms with E-state index >= 15 is 0 Å². The van der Waals surface area contributed by atoms with Crippen molar-refractivity contribution in [1.82, 2.24) is 4.72 Å². The lowest BCUT2D eigenvalue weighted by Gasteiger charge is -2.11. The number of halogens is 4. The maximum absolute atomic E-state index is 13.2. The summed E-state index contributed by atoms with van der Waals surface area (Å²) in [4.78, 5) is 11.6. The van der Waals surface area contributed by atoms with Crippen LogP contribution in [0.25, 0.3) is 0 Å². The quantitative estimate of drug-likeness (QED) is 0.673. The fraction of sp³-hybridized carbons (Fsp3) is 0.235. The predicted octanol–water partition coefficient (Wildman–Crippen LogP) is 3.34. The van der Waals surface area contributed by atoms with E-state index in [9.17, 15) is 30.8 Å². The van der Waals surface area contributed by atoms with Gasteiger partial charge in [-0.25, -0.2) is 17.5 Å². The molecular formula is C17H16F4N2O4S.